The summed E-state index contributed by atoms with van der Waals surface area (Å²) in [5, 5.41) is 3.34. The van der Waals surface area contributed by atoms with Gasteiger partial charge < -0.3 is 19.7 Å². The van der Waals surface area contributed by atoms with Gasteiger partial charge in [0, 0.05) is 45.5 Å². The van der Waals surface area contributed by atoms with Gasteiger partial charge in [0.2, 0.25) is 5.95 Å². The highest BCUT2D eigenvalue weighted by atomic mass is 16.6. The number of ether oxygens (including phenoxy) is 2. The van der Waals surface area contributed by atoms with Gasteiger partial charge in [0.05, 0.1) is 11.6 Å². The molecular formula is C26H36N6O4. The number of hydrogen-bond donors (Lipinski definition) is 1. The minimum atomic E-state index is -0.474. The largest absolute Gasteiger partial charge is 0.444 e. The Morgan fingerprint density at radius 1 is 1.17 bits per heavy atom. The average molecular weight is 497 g/mol. The molecule has 2 aliphatic heterocycles. The van der Waals surface area contributed by atoms with Crippen molar-refractivity contribution in [3.8, 4) is 0 Å². The summed E-state index contributed by atoms with van der Waals surface area (Å²) in [5.41, 5.74) is 2.66. The van der Waals surface area contributed by atoms with E-state index in [9.17, 15) is 9.59 Å². The quantitative estimate of drug-likeness (QED) is 0.636. The zero-order valence-corrected chi connectivity index (χ0v) is 21.8. The van der Waals surface area contributed by atoms with Crippen LogP contribution in [-0.4, -0.2) is 70.3 Å². The van der Waals surface area contributed by atoms with E-state index in [-0.39, 0.29) is 24.8 Å². The maximum absolute atomic E-state index is 12.3. The molecule has 1 unspecified atom stereocenters. The molecule has 1 N–H and O–H groups in total. The molecule has 1 aromatic heterocycles. The van der Waals surface area contributed by atoms with Crippen molar-refractivity contribution in [3.05, 3.63) is 47.2 Å². The first-order valence-corrected chi connectivity index (χ1v) is 12.5. The summed E-state index contributed by atoms with van der Waals surface area (Å²) in [4.78, 5) is 38.9. The number of amides is 2. The Labute approximate surface area is 212 Å². The number of piperazine rings is 1. The number of anilines is 2. The van der Waals surface area contributed by atoms with Crippen LogP contribution in [0.15, 0.2) is 30.5 Å². The molecule has 0 spiro atoms. The van der Waals surface area contributed by atoms with Crippen LogP contribution in [-0.2, 0) is 22.6 Å². The molecule has 1 atom stereocenters. The van der Waals surface area contributed by atoms with Crippen molar-refractivity contribution in [3.63, 3.8) is 0 Å². The standard InChI is InChI=1S/C26H36N6O4/c1-6-32-22-21(17-35-25(32)34)15-27-23(29-22)28-18(2)20-9-7-19(8-10-20)16-30-11-13-31(14-12-30)24(33)36-26(3,4)5/h7-10,15,18H,6,11-14,16-17H2,1-5H3,(H,27,28,29). The van der Waals surface area contributed by atoms with Gasteiger partial charge >= 0.3 is 12.2 Å². The van der Waals surface area contributed by atoms with E-state index in [1.54, 1.807) is 11.1 Å². The highest BCUT2D eigenvalue weighted by Crippen LogP contribution is 2.26. The van der Waals surface area contributed by atoms with Gasteiger partial charge in [-0.2, -0.15) is 4.98 Å². The molecule has 0 radical (unpaired) electrons. The molecule has 0 bridgehead atoms. The van der Waals surface area contributed by atoms with E-state index in [4.69, 9.17) is 9.47 Å². The summed E-state index contributed by atoms with van der Waals surface area (Å²) in [6.07, 6.45) is 1.08. The first-order valence-electron chi connectivity index (χ1n) is 12.5. The Hall–Kier alpha value is -3.40. The maximum Gasteiger partial charge on any atom is 0.415 e. The van der Waals surface area contributed by atoms with Crippen LogP contribution in [0.3, 0.4) is 0 Å². The van der Waals surface area contributed by atoms with Crippen LogP contribution in [0.25, 0.3) is 0 Å². The number of cyclic esters (lactones) is 1. The summed E-state index contributed by atoms with van der Waals surface area (Å²) in [6.45, 7) is 14.1. The summed E-state index contributed by atoms with van der Waals surface area (Å²) < 4.78 is 10.6. The number of rotatable bonds is 6. The molecule has 2 aliphatic rings. The fourth-order valence-electron chi connectivity index (χ4n) is 4.25. The van der Waals surface area contributed by atoms with E-state index in [1.165, 1.54) is 10.5 Å². The predicted octanol–water partition coefficient (Wildman–Crippen LogP) is 4.18. The number of carbonyl (C=O) groups is 2. The third-order valence-corrected chi connectivity index (χ3v) is 6.24. The van der Waals surface area contributed by atoms with E-state index >= 15 is 0 Å². The molecule has 0 saturated carbocycles. The Bertz CT molecular complexity index is 1080. The summed E-state index contributed by atoms with van der Waals surface area (Å²) in [7, 11) is 0. The normalized spacial score (nSPS) is 17.3. The van der Waals surface area contributed by atoms with Gasteiger partial charge in [0.25, 0.3) is 0 Å². The highest BCUT2D eigenvalue weighted by molar-refractivity contribution is 5.89. The molecule has 10 heteroatoms. The number of benzene rings is 1. The van der Waals surface area contributed by atoms with Gasteiger partial charge in [0.1, 0.15) is 18.0 Å². The molecule has 2 amide bonds. The van der Waals surface area contributed by atoms with E-state index in [0.717, 1.165) is 30.8 Å². The molecule has 2 aromatic rings. The van der Waals surface area contributed by atoms with Crippen molar-refractivity contribution in [2.75, 3.05) is 42.9 Å². The molecule has 194 valence electrons. The van der Waals surface area contributed by atoms with Crippen molar-refractivity contribution >= 4 is 24.0 Å². The molecule has 1 fully saturated rings. The summed E-state index contributed by atoms with van der Waals surface area (Å²) in [6, 6.07) is 8.48. The third-order valence-electron chi connectivity index (χ3n) is 6.24. The molecule has 0 aliphatic carbocycles. The summed E-state index contributed by atoms with van der Waals surface area (Å²) in [5.74, 6) is 1.07. The predicted molar refractivity (Wildman–Crippen MR) is 137 cm³/mol. The minimum absolute atomic E-state index is 0.0138. The van der Waals surface area contributed by atoms with E-state index < -0.39 is 5.60 Å². The van der Waals surface area contributed by atoms with Crippen LogP contribution >= 0.6 is 0 Å². The van der Waals surface area contributed by atoms with Crippen molar-refractivity contribution in [1.82, 2.24) is 19.8 Å². The monoisotopic (exact) mass is 496 g/mol. The second-order valence-corrected chi connectivity index (χ2v) is 10.2. The van der Waals surface area contributed by atoms with Gasteiger partial charge in [-0.1, -0.05) is 24.3 Å². The zero-order chi connectivity index (χ0) is 25.9. The molecule has 3 heterocycles. The Kier molecular flexibility index (Phi) is 7.63. The lowest BCUT2D eigenvalue weighted by Gasteiger charge is -2.35. The van der Waals surface area contributed by atoms with Crippen LogP contribution in [0.5, 0.6) is 0 Å². The maximum atomic E-state index is 12.3. The van der Waals surface area contributed by atoms with Gasteiger partial charge in [-0.25, -0.2) is 14.6 Å². The molecular weight excluding hydrogens is 460 g/mol. The van der Waals surface area contributed by atoms with Crippen molar-refractivity contribution in [2.45, 2.75) is 59.4 Å². The van der Waals surface area contributed by atoms with Gasteiger partial charge in [-0.15, -0.1) is 0 Å². The lowest BCUT2D eigenvalue weighted by molar-refractivity contribution is 0.0139. The number of fused-ring (bicyclic) bond motifs is 1. The van der Waals surface area contributed by atoms with Gasteiger partial charge in [0.15, 0.2) is 0 Å². The van der Waals surface area contributed by atoms with Crippen LogP contribution in [0.1, 0.15) is 57.4 Å². The zero-order valence-electron chi connectivity index (χ0n) is 21.8. The van der Waals surface area contributed by atoms with Crippen LogP contribution in [0.2, 0.25) is 0 Å². The fourth-order valence-corrected chi connectivity index (χ4v) is 4.25. The minimum Gasteiger partial charge on any atom is -0.444 e. The SMILES string of the molecule is CCN1C(=O)OCc2cnc(NC(C)c3ccc(CN4CCN(C(=O)OC(C)(C)C)CC4)cc3)nc21. The fraction of sp³-hybridized carbons (Fsp3) is 0.538. The molecule has 1 aromatic carbocycles. The Morgan fingerprint density at radius 2 is 1.86 bits per heavy atom. The topological polar surface area (TPSA) is 100 Å². The first kappa shape index (κ1) is 25.7. The van der Waals surface area contributed by atoms with E-state index in [1.807, 2.05) is 27.7 Å². The highest BCUT2D eigenvalue weighted by Gasteiger charge is 2.27. The molecule has 10 nitrogen and oxygen atoms in total. The Balaban J connectivity index is 1.30. The second kappa shape index (κ2) is 10.7. The number of hydrogen-bond acceptors (Lipinski definition) is 8. The number of aromatic nitrogens is 2. The molecule has 1 saturated heterocycles. The average Bonchev–Trinajstić information content (AvgIpc) is 2.84. The second-order valence-electron chi connectivity index (χ2n) is 10.2. The van der Waals surface area contributed by atoms with Crippen LogP contribution in [0.4, 0.5) is 21.4 Å². The van der Waals surface area contributed by atoms with Crippen molar-refractivity contribution < 1.29 is 19.1 Å². The van der Waals surface area contributed by atoms with Crippen LogP contribution in [0, 0.1) is 0 Å². The molecule has 4 rings (SSSR count). The lowest BCUT2D eigenvalue weighted by atomic mass is 10.1. The van der Waals surface area contributed by atoms with Crippen molar-refractivity contribution in [1.29, 1.82) is 0 Å². The van der Waals surface area contributed by atoms with E-state index in [2.05, 4.69) is 51.4 Å². The van der Waals surface area contributed by atoms with E-state index in [0.29, 0.717) is 31.4 Å². The van der Waals surface area contributed by atoms with Crippen molar-refractivity contribution in [2.24, 2.45) is 0 Å². The third kappa shape index (κ3) is 6.23. The number of nitrogens with zero attached hydrogens (tertiary/aromatic N) is 5. The van der Waals surface area contributed by atoms with Crippen LogP contribution < -0.4 is 10.2 Å². The lowest BCUT2D eigenvalue weighted by Crippen LogP contribution is -2.49. The van der Waals surface area contributed by atoms with Gasteiger partial charge in [-0.05, 0) is 45.7 Å². The first-order chi connectivity index (χ1) is 17.1. The Morgan fingerprint density at radius 3 is 2.50 bits per heavy atom. The summed E-state index contributed by atoms with van der Waals surface area (Å²) >= 11 is 0. The smallest absolute Gasteiger partial charge is 0.415 e. The number of nitrogens with one attached hydrogen (secondary N) is 1. The number of carbonyl (C=O) groups excluding carboxylic acids is 2. The molecule has 36 heavy (non-hydrogen) atoms. The van der Waals surface area contributed by atoms with Gasteiger partial charge in [-0.3, -0.25) is 9.80 Å².